The fraction of sp³-hybridized carbons (Fsp3) is 0.387. The Morgan fingerprint density at radius 2 is 1.64 bits per heavy atom. The molecule has 4 heterocycles. The van der Waals surface area contributed by atoms with E-state index in [4.69, 9.17) is 9.97 Å². The summed E-state index contributed by atoms with van der Waals surface area (Å²) >= 11 is 1.37. The summed E-state index contributed by atoms with van der Waals surface area (Å²) < 4.78 is 96.9. The van der Waals surface area contributed by atoms with Gasteiger partial charge >= 0.3 is 0 Å². The van der Waals surface area contributed by atoms with E-state index < -0.39 is 47.9 Å². The second-order valence-corrected chi connectivity index (χ2v) is 17.1. The Kier molecular flexibility index (Phi) is 9.06. The average Bonchev–Trinajstić information content (AvgIpc) is 3.47. The normalized spacial score (nSPS) is 18.6. The molecule has 6 rings (SSSR count). The zero-order valence-electron chi connectivity index (χ0n) is 25.6. The number of nitrogens with one attached hydrogen (secondary N) is 2. The number of aromatic nitrogens is 3. The van der Waals surface area contributed by atoms with Crippen LogP contribution in [-0.4, -0.2) is 74.4 Å². The van der Waals surface area contributed by atoms with Crippen molar-refractivity contribution in [2.24, 2.45) is 0 Å². The maximum atomic E-state index is 16.3. The summed E-state index contributed by atoms with van der Waals surface area (Å²) in [5, 5.41) is 3.99. The molecule has 2 saturated heterocycles. The van der Waals surface area contributed by atoms with E-state index in [9.17, 15) is 25.6 Å². The first kappa shape index (κ1) is 33.3. The van der Waals surface area contributed by atoms with Crippen LogP contribution in [-0.2, 0) is 25.3 Å². The van der Waals surface area contributed by atoms with Crippen LogP contribution in [0.2, 0.25) is 0 Å². The number of hydrogen-bond acceptors (Lipinski definition) is 10. The molecule has 10 nitrogen and oxygen atoms in total. The molecule has 0 unspecified atom stereocenters. The van der Waals surface area contributed by atoms with Gasteiger partial charge in [0.25, 0.3) is 10.0 Å². The largest absolute Gasteiger partial charge is 0.351 e. The van der Waals surface area contributed by atoms with Gasteiger partial charge in [0.15, 0.2) is 10.7 Å². The molecule has 250 valence electrons. The minimum absolute atomic E-state index is 0.0289. The van der Waals surface area contributed by atoms with Crippen LogP contribution in [0.4, 0.5) is 24.8 Å². The van der Waals surface area contributed by atoms with Crippen LogP contribution in [0.25, 0.3) is 21.8 Å². The predicted octanol–water partition coefficient (Wildman–Crippen LogP) is 5.46. The lowest BCUT2D eigenvalue weighted by molar-refractivity contribution is 0.199. The van der Waals surface area contributed by atoms with Crippen molar-refractivity contribution in [2.45, 2.75) is 49.0 Å². The first-order valence-electron chi connectivity index (χ1n) is 15.0. The standard InChI is InChI=1S/C31H33F3N6O4S3/c1-31(12-15-40(2)16-13-31)29-38-26(27(45-29)24-9-14-35-30(37-24)36-19-10-17-46(41,42)18-11-19)20-5-3-8-23(25(20)34)39-47(43,44)28-21(32)6-4-7-22(28)33/h3-9,14,19,39H,10-13,15-18H2,1-2H3,(H,35,36,37). The van der Waals surface area contributed by atoms with Gasteiger partial charge in [-0.3, -0.25) is 4.72 Å². The van der Waals surface area contributed by atoms with Crippen molar-refractivity contribution < 1.29 is 30.0 Å². The van der Waals surface area contributed by atoms with E-state index in [0.29, 0.717) is 23.4 Å². The fourth-order valence-corrected chi connectivity index (χ4v) is 9.70. The summed E-state index contributed by atoms with van der Waals surface area (Å²) in [6, 6.07) is 8.22. The van der Waals surface area contributed by atoms with E-state index in [2.05, 4.69) is 22.1 Å². The predicted molar refractivity (Wildman–Crippen MR) is 175 cm³/mol. The zero-order chi connectivity index (χ0) is 33.6. The Morgan fingerprint density at radius 1 is 0.979 bits per heavy atom. The Balaban J connectivity index is 1.40. The summed E-state index contributed by atoms with van der Waals surface area (Å²) in [5.74, 6) is -3.17. The first-order chi connectivity index (χ1) is 22.2. The van der Waals surface area contributed by atoms with Crippen LogP contribution in [0.3, 0.4) is 0 Å². The van der Waals surface area contributed by atoms with Gasteiger partial charge in [-0.1, -0.05) is 19.1 Å². The summed E-state index contributed by atoms with van der Waals surface area (Å²) in [4.78, 5) is 15.5. The Bertz CT molecular complexity index is 2000. The van der Waals surface area contributed by atoms with Gasteiger partial charge in [0.05, 0.1) is 38.5 Å². The van der Waals surface area contributed by atoms with Crippen LogP contribution in [0, 0.1) is 17.5 Å². The third kappa shape index (κ3) is 7.00. The van der Waals surface area contributed by atoms with E-state index in [0.717, 1.165) is 55.2 Å². The molecule has 0 spiro atoms. The molecule has 4 aromatic rings. The number of thiazole rings is 1. The molecule has 2 aliphatic heterocycles. The molecule has 2 fully saturated rings. The number of halogens is 3. The third-order valence-electron chi connectivity index (χ3n) is 8.70. The van der Waals surface area contributed by atoms with Gasteiger partial charge in [-0.2, -0.15) is 0 Å². The number of anilines is 2. The highest BCUT2D eigenvalue weighted by Gasteiger charge is 2.36. The number of benzene rings is 2. The highest BCUT2D eigenvalue weighted by Crippen LogP contribution is 2.45. The zero-order valence-corrected chi connectivity index (χ0v) is 28.1. The van der Waals surface area contributed by atoms with Crippen molar-refractivity contribution in [2.75, 3.05) is 41.7 Å². The molecular formula is C31H33F3N6O4S3. The topological polar surface area (TPSA) is 134 Å². The van der Waals surface area contributed by atoms with Gasteiger partial charge in [0.1, 0.15) is 21.5 Å². The van der Waals surface area contributed by atoms with Crippen LogP contribution in [0.1, 0.15) is 37.6 Å². The molecule has 2 aromatic heterocycles. The molecule has 2 N–H and O–H groups in total. The van der Waals surface area contributed by atoms with Gasteiger partial charge in [-0.15, -0.1) is 11.3 Å². The highest BCUT2D eigenvalue weighted by molar-refractivity contribution is 7.92. The van der Waals surface area contributed by atoms with Crippen molar-refractivity contribution in [3.05, 3.63) is 71.1 Å². The summed E-state index contributed by atoms with van der Waals surface area (Å²) in [6.45, 7) is 3.80. The summed E-state index contributed by atoms with van der Waals surface area (Å²) in [6.07, 6.45) is 4.02. The summed E-state index contributed by atoms with van der Waals surface area (Å²) in [7, 11) is -5.85. The molecule has 0 atom stereocenters. The van der Waals surface area contributed by atoms with Gasteiger partial charge in [0, 0.05) is 23.2 Å². The van der Waals surface area contributed by atoms with Crippen molar-refractivity contribution >= 4 is 42.8 Å². The number of sulfonamides is 1. The Labute approximate surface area is 275 Å². The maximum Gasteiger partial charge on any atom is 0.267 e. The third-order valence-corrected chi connectivity index (χ3v) is 13.2. The highest BCUT2D eigenvalue weighted by atomic mass is 32.2. The van der Waals surface area contributed by atoms with Crippen LogP contribution in [0.15, 0.2) is 53.6 Å². The summed E-state index contributed by atoms with van der Waals surface area (Å²) in [5.41, 5.74) is -0.175. The Morgan fingerprint density at radius 3 is 2.32 bits per heavy atom. The lowest BCUT2D eigenvalue weighted by Gasteiger charge is -2.36. The number of sulfone groups is 1. The van der Waals surface area contributed by atoms with Crippen molar-refractivity contribution in [3.63, 3.8) is 0 Å². The molecule has 2 aromatic carbocycles. The smallest absolute Gasteiger partial charge is 0.267 e. The van der Waals surface area contributed by atoms with Crippen molar-refractivity contribution in [1.82, 2.24) is 19.9 Å². The molecule has 2 aliphatic rings. The molecule has 0 bridgehead atoms. The van der Waals surface area contributed by atoms with Crippen molar-refractivity contribution in [1.29, 1.82) is 0 Å². The minimum atomic E-state index is -4.84. The van der Waals surface area contributed by atoms with Crippen LogP contribution in [0.5, 0.6) is 0 Å². The minimum Gasteiger partial charge on any atom is -0.351 e. The number of likely N-dealkylation sites (tertiary alicyclic amines) is 1. The van der Waals surface area contributed by atoms with E-state index in [-0.39, 0.29) is 40.2 Å². The molecule has 0 amide bonds. The second-order valence-electron chi connectivity index (χ2n) is 12.2. The molecule has 0 saturated carbocycles. The van der Waals surface area contributed by atoms with E-state index in [1.54, 1.807) is 12.3 Å². The molecule has 0 aliphatic carbocycles. The molecule has 16 heteroatoms. The van der Waals surface area contributed by atoms with Gasteiger partial charge in [0.2, 0.25) is 5.95 Å². The average molecular weight is 707 g/mol. The fourth-order valence-electron chi connectivity index (χ4n) is 5.76. The monoisotopic (exact) mass is 706 g/mol. The Hall–Kier alpha value is -3.60. The lowest BCUT2D eigenvalue weighted by atomic mass is 9.81. The van der Waals surface area contributed by atoms with Crippen molar-refractivity contribution in [3.8, 4) is 21.8 Å². The van der Waals surface area contributed by atoms with Gasteiger partial charge in [-0.05, 0) is 76.2 Å². The number of piperidine rings is 1. The molecule has 47 heavy (non-hydrogen) atoms. The second kappa shape index (κ2) is 12.8. The SMILES string of the molecule is CN1CCC(C)(c2nc(-c3cccc(NS(=O)(=O)c4c(F)cccc4F)c3F)c(-c3ccnc(NC4CCS(=O)(=O)CC4)n3)s2)CC1. The van der Waals surface area contributed by atoms with Crippen LogP contribution >= 0.6 is 11.3 Å². The van der Waals surface area contributed by atoms with E-state index in [1.165, 1.54) is 23.5 Å². The van der Waals surface area contributed by atoms with E-state index >= 15 is 4.39 Å². The van der Waals surface area contributed by atoms with Crippen LogP contribution < -0.4 is 10.0 Å². The van der Waals surface area contributed by atoms with Gasteiger partial charge < -0.3 is 10.2 Å². The number of rotatable bonds is 8. The quantitative estimate of drug-likeness (QED) is 0.245. The molecular weight excluding hydrogens is 674 g/mol. The van der Waals surface area contributed by atoms with Gasteiger partial charge in [-0.25, -0.2) is 45.0 Å². The number of hydrogen-bond donors (Lipinski definition) is 2. The first-order valence-corrected chi connectivity index (χ1v) is 19.1. The number of nitrogens with zero attached hydrogens (tertiary/aromatic N) is 4. The molecule has 0 radical (unpaired) electrons. The maximum absolute atomic E-state index is 16.3. The van der Waals surface area contributed by atoms with E-state index in [1.807, 2.05) is 11.8 Å². The lowest BCUT2D eigenvalue weighted by Crippen LogP contribution is -2.38.